The maximum absolute atomic E-state index is 12.7. The molecule has 0 spiro atoms. The van der Waals surface area contributed by atoms with Crippen LogP contribution in [0.4, 0.5) is 19.0 Å². The number of anilines is 1. The molecule has 0 bridgehead atoms. The minimum absolute atomic E-state index is 0.108. The van der Waals surface area contributed by atoms with E-state index in [0.29, 0.717) is 0 Å². The first kappa shape index (κ1) is 18.5. The van der Waals surface area contributed by atoms with Crippen LogP contribution in [0.15, 0.2) is 53.3 Å². The van der Waals surface area contributed by atoms with Gasteiger partial charge in [-0.1, -0.05) is 41.9 Å². The van der Waals surface area contributed by atoms with Crippen molar-refractivity contribution in [3.05, 3.63) is 64.3 Å². The molecular formula is C19H17ClF3N3. The van der Waals surface area contributed by atoms with E-state index in [9.17, 15) is 13.2 Å². The van der Waals surface area contributed by atoms with E-state index in [4.69, 9.17) is 11.6 Å². The van der Waals surface area contributed by atoms with Gasteiger partial charge in [0.1, 0.15) is 0 Å². The van der Waals surface area contributed by atoms with Crippen molar-refractivity contribution in [3.8, 4) is 0 Å². The molecule has 26 heavy (non-hydrogen) atoms. The van der Waals surface area contributed by atoms with Gasteiger partial charge in [0.05, 0.1) is 16.3 Å². The number of nitrogens with one attached hydrogen (secondary N) is 1. The van der Waals surface area contributed by atoms with Crippen molar-refractivity contribution in [1.29, 1.82) is 0 Å². The number of hydrogen-bond acceptors (Lipinski definition) is 3. The Labute approximate surface area is 154 Å². The molecule has 1 aliphatic rings. The molecule has 0 atom stereocenters. The molecule has 1 N–H and O–H groups in total. The molecule has 0 amide bonds. The number of halogens is 4. The van der Waals surface area contributed by atoms with Crippen molar-refractivity contribution >= 4 is 29.2 Å². The fraction of sp³-hybridized carbons (Fsp3) is 0.263. The zero-order chi connectivity index (χ0) is 18.6. The van der Waals surface area contributed by atoms with Gasteiger partial charge in [0, 0.05) is 6.20 Å². The van der Waals surface area contributed by atoms with Gasteiger partial charge in [-0.15, -0.1) is 0 Å². The molecule has 1 aromatic carbocycles. The molecule has 1 saturated carbocycles. The number of rotatable bonds is 3. The van der Waals surface area contributed by atoms with Gasteiger partial charge in [-0.25, -0.2) is 4.98 Å². The van der Waals surface area contributed by atoms with Gasteiger partial charge >= 0.3 is 6.18 Å². The second-order valence-corrected chi connectivity index (χ2v) is 6.42. The molecular weight excluding hydrogens is 363 g/mol. The quantitative estimate of drug-likeness (QED) is 0.646. The highest BCUT2D eigenvalue weighted by Gasteiger charge is 2.31. The second kappa shape index (κ2) is 7.91. The van der Waals surface area contributed by atoms with Gasteiger partial charge < -0.3 is 0 Å². The lowest BCUT2D eigenvalue weighted by Crippen LogP contribution is -2.12. The smallest absolute Gasteiger partial charge is 0.260 e. The summed E-state index contributed by atoms with van der Waals surface area (Å²) in [5, 5.41) is 4.24. The van der Waals surface area contributed by atoms with E-state index in [1.54, 1.807) is 0 Å². The third-order valence-corrected chi connectivity index (χ3v) is 4.37. The van der Waals surface area contributed by atoms with Crippen LogP contribution in [-0.2, 0) is 6.18 Å². The molecule has 0 unspecified atom stereocenters. The lowest BCUT2D eigenvalue weighted by Gasteiger charge is -2.17. The van der Waals surface area contributed by atoms with Gasteiger partial charge in [-0.2, -0.15) is 18.3 Å². The molecule has 1 heterocycles. The van der Waals surface area contributed by atoms with Crippen LogP contribution in [0.1, 0.15) is 36.8 Å². The first-order valence-electron chi connectivity index (χ1n) is 8.25. The Balaban J connectivity index is 1.81. The molecule has 7 heteroatoms. The van der Waals surface area contributed by atoms with Gasteiger partial charge in [-0.3, -0.25) is 5.43 Å². The predicted molar refractivity (Wildman–Crippen MR) is 98.2 cm³/mol. The Hall–Kier alpha value is -2.34. The summed E-state index contributed by atoms with van der Waals surface area (Å²) in [6, 6.07) is 10.8. The third-order valence-electron chi connectivity index (χ3n) is 4.09. The lowest BCUT2D eigenvalue weighted by atomic mass is 9.91. The summed E-state index contributed by atoms with van der Waals surface area (Å²) in [7, 11) is 0. The van der Waals surface area contributed by atoms with E-state index in [2.05, 4.69) is 21.6 Å². The fourth-order valence-corrected chi connectivity index (χ4v) is 2.95. The van der Waals surface area contributed by atoms with Crippen LogP contribution in [0.2, 0.25) is 5.02 Å². The van der Waals surface area contributed by atoms with Crippen LogP contribution in [0.3, 0.4) is 0 Å². The number of allylic oxidation sites excluding steroid dienone is 1. The number of benzene rings is 1. The Morgan fingerprint density at radius 1 is 1.12 bits per heavy atom. The van der Waals surface area contributed by atoms with E-state index >= 15 is 0 Å². The molecule has 0 radical (unpaired) electrons. The highest BCUT2D eigenvalue weighted by atomic mass is 35.5. The summed E-state index contributed by atoms with van der Waals surface area (Å²) in [6.07, 6.45) is 2.15. The van der Waals surface area contributed by atoms with Crippen LogP contribution in [-0.4, -0.2) is 10.7 Å². The van der Waals surface area contributed by atoms with Crippen LogP contribution >= 0.6 is 11.6 Å². The maximum Gasteiger partial charge on any atom is 0.417 e. The fourth-order valence-electron chi connectivity index (χ4n) is 2.74. The Bertz CT molecular complexity index is 830. The molecule has 1 fully saturated rings. The average molecular weight is 380 g/mol. The van der Waals surface area contributed by atoms with Crippen molar-refractivity contribution in [2.24, 2.45) is 5.10 Å². The number of aromatic nitrogens is 1. The van der Waals surface area contributed by atoms with Crippen LogP contribution in [0.25, 0.3) is 6.08 Å². The molecule has 0 aliphatic heterocycles. The van der Waals surface area contributed by atoms with Gasteiger partial charge in [0.25, 0.3) is 0 Å². The molecule has 3 rings (SSSR count). The largest absolute Gasteiger partial charge is 0.417 e. The normalized spacial score (nSPS) is 18.3. The Morgan fingerprint density at radius 2 is 1.85 bits per heavy atom. The first-order valence-corrected chi connectivity index (χ1v) is 8.62. The van der Waals surface area contributed by atoms with Gasteiger partial charge in [0.2, 0.25) is 0 Å². The standard InChI is InChI=1S/C19H17ClF3N3/c20-16-11-15(19(21,22)23)12-24-18(16)26-25-17-9-5-4-8-14(17)10-13-6-2-1-3-7-13/h1-3,6-7,10-12H,4-5,8-9H2,(H,24,26). The van der Waals surface area contributed by atoms with Crippen LogP contribution in [0, 0.1) is 0 Å². The summed E-state index contributed by atoms with van der Waals surface area (Å²) in [5.41, 5.74) is 4.90. The average Bonchev–Trinajstić information content (AvgIpc) is 2.62. The minimum Gasteiger partial charge on any atom is -0.260 e. The number of alkyl halides is 3. The molecule has 0 saturated heterocycles. The highest BCUT2D eigenvalue weighted by molar-refractivity contribution is 6.33. The molecule has 3 nitrogen and oxygen atoms in total. The van der Waals surface area contributed by atoms with E-state index in [0.717, 1.165) is 54.8 Å². The third kappa shape index (κ3) is 4.64. The number of nitrogens with zero attached hydrogens (tertiary/aromatic N) is 2. The maximum atomic E-state index is 12.7. The van der Waals surface area contributed by atoms with Gasteiger partial charge in [-0.05, 0) is 49.0 Å². The summed E-state index contributed by atoms with van der Waals surface area (Å²) in [5.74, 6) is 0.108. The van der Waals surface area contributed by atoms with Crippen molar-refractivity contribution in [2.45, 2.75) is 31.9 Å². The Kier molecular flexibility index (Phi) is 5.61. The van der Waals surface area contributed by atoms with Gasteiger partial charge in [0.15, 0.2) is 5.82 Å². The summed E-state index contributed by atoms with van der Waals surface area (Å²) in [4.78, 5) is 3.75. The van der Waals surface area contributed by atoms with Crippen LogP contribution in [0.5, 0.6) is 0 Å². The van der Waals surface area contributed by atoms with Crippen molar-refractivity contribution in [2.75, 3.05) is 5.43 Å². The number of pyridine rings is 1. The summed E-state index contributed by atoms with van der Waals surface area (Å²) >= 11 is 5.91. The minimum atomic E-state index is -4.48. The Morgan fingerprint density at radius 3 is 2.54 bits per heavy atom. The monoisotopic (exact) mass is 379 g/mol. The van der Waals surface area contributed by atoms with E-state index in [-0.39, 0.29) is 10.8 Å². The molecule has 1 aromatic heterocycles. The number of hydrazone groups is 1. The topological polar surface area (TPSA) is 37.3 Å². The summed E-state index contributed by atoms with van der Waals surface area (Å²) < 4.78 is 38.0. The molecule has 1 aliphatic carbocycles. The van der Waals surface area contributed by atoms with E-state index < -0.39 is 11.7 Å². The van der Waals surface area contributed by atoms with Crippen molar-refractivity contribution < 1.29 is 13.2 Å². The van der Waals surface area contributed by atoms with E-state index in [1.807, 2.05) is 30.3 Å². The van der Waals surface area contributed by atoms with Crippen LogP contribution < -0.4 is 5.43 Å². The van der Waals surface area contributed by atoms with E-state index in [1.165, 1.54) is 0 Å². The van der Waals surface area contributed by atoms with Crippen molar-refractivity contribution in [3.63, 3.8) is 0 Å². The number of hydrogen-bond donors (Lipinski definition) is 1. The molecule has 2 aromatic rings. The predicted octanol–water partition coefficient (Wildman–Crippen LogP) is 6.18. The zero-order valence-electron chi connectivity index (χ0n) is 13.9. The zero-order valence-corrected chi connectivity index (χ0v) is 14.6. The first-order chi connectivity index (χ1) is 12.4. The summed E-state index contributed by atoms with van der Waals surface area (Å²) in [6.45, 7) is 0. The second-order valence-electron chi connectivity index (χ2n) is 6.01. The lowest BCUT2D eigenvalue weighted by molar-refractivity contribution is -0.137. The van der Waals surface area contributed by atoms with Crippen molar-refractivity contribution in [1.82, 2.24) is 4.98 Å². The SMILES string of the molecule is FC(F)(F)c1cnc(NN=C2CCCCC2=Cc2ccccc2)c(Cl)c1. The molecule has 136 valence electrons. The highest BCUT2D eigenvalue weighted by Crippen LogP contribution is 2.32.